The highest BCUT2D eigenvalue weighted by atomic mass is 32.1. The lowest BCUT2D eigenvalue weighted by molar-refractivity contribution is -0.139. The van der Waals surface area contributed by atoms with Crippen molar-refractivity contribution in [1.82, 2.24) is 15.2 Å². The van der Waals surface area contributed by atoms with Crippen LogP contribution >= 0.6 is 11.3 Å². The van der Waals surface area contributed by atoms with Crippen LogP contribution in [0, 0.1) is 5.92 Å². The summed E-state index contributed by atoms with van der Waals surface area (Å²) in [5.41, 5.74) is 1.22. The van der Waals surface area contributed by atoms with Gasteiger partial charge < -0.3 is 10.2 Å². The SMILES string of the molecule is CC(C)[C@@H](C(=O)N[C@H](C)c1nc2c(s1)CCCC2)N1CCCC1=O. The molecule has 0 aromatic carbocycles. The summed E-state index contributed by atoms with van der Waals surface area (Å²) in [4.78, 5) is 32.7. The Balaban J connectivity index is 1.70. The number of likely N-dealkylation sites (tertiary alicyclic amines) is 1. The second kappa shape index (κ2) is 7.21. The maximum absolute atomic E-state index is 12.8. The predicted molar refractivity (Wildman–Crippen MR) is 94.9 cm³/mol. The molecule has 1 saturated heterocycles. The van der Waals surface area contributed by atoms with E-state index < -0.39 is 0 Å². The van der Waals surface area contributed by atoms with E-state index in [4.69, 9.17) is 4.98 Å². The molecule has 0 radical (unpaired) electrons. The minimum atomic E-state index is -0.378. The van der Waals surface area contributed by atoms with E-state index in [1.165, 1.54) is 23.4 Å². The molecule has 3 rings (SSSR count). The Morgan fingerprint density at radius 3 is 2.54 bits per heavy atom. The average molecular weight is 350 g/mol. The summed E-state index contributed by atoms with van der Waals surface area (Å²) in [5, 5.41) is 4.09. The molecule has 0 bridgehead atoms. The molecule has 5 nitrogen and oxygen atoms in total. The van der Waals surface area contributed by atoms with Crippen LogP contribution in [0.15, 0.2) is 0 Å². The van der Waals surface area contributed by atoms with Crippen LogP contribution < -0.4 is 5.32 Å². The number of fused-ring (bicyclic) bond motifs is 1. The number of thiazole rings is 1. The van der Waals surface area contributed by atoms with Gasteiger partial charge in [0.05, 0.1) is 11.7 Å². The Kier molecular flexibility index (Phi) is 5.23. The molecule has 0 saturated carbocycles. The molecule has 1 aliphatic carbocycles. The molecule has 1 N–H and O–H groups in total. The number of carbonyl (C=O) groups is 2. The van der Waals surface area contributed by atoms with Crippen LogP contribution in [0.5, 0.6) is 0 Å². The first-order valence-electron chi connectivity index (χ1n) is 9.05. The molecule has 1 aliphatic heterocycles. The first-order valence-corrected chi connectivity index (χ1v) is 9.87. The number of amides is 2. The summed E-state index contributed by atoms with van der Waals surface area (Å²) in [6.07, 6.45) is 6.04. The zero-order valence-corrected chi connectivity index (χ0v) is 15.6. The molecule has 2 heterocycles. The number of nitrogens with zero attached hydrogens (tertiary/aromatic N) is 2. The molecule has 0 unspecified atom stereocenters. The van der Waals surface area contributed by atoms with Gasteiger partial charge in [-0.2, -0.15) is 0 Å². The molecule has 1 aromatic rings. The van der Waals surface area contributed by atoms with Gasteiger partial charge in [-0.25, -0.2) is 4.98 Å². The summed E-state index contributed by atoms with van der Waals surface area (Å²) in [6.45, 7) is 6.69. The number of aromatic nitrogens is 1. The van der Waals surface area contributed by atoms with E-state index in [1.54, 1.807) is 16.2 Å². The third-order valence-electron chi connectivity index (χ3n) is 4.94. The normalized spacial score (nSPS) is 20.2. The van der Waals surface area contributed by atoms with Crippen LogP contribution in [0.25, 0.3) is 0 Å². The molecular formula is C18H27N3O2S. The standard InChI is InChI=1S/C18H27N3O2S/c1-11(2)16(21-10-6-9-15(21)22)17(23)19-12(3)18-20-13-7-4-5-8-14(13)24-18/h11-12,16H,4-10H2,1-3H3,(H,19,23)/t12-,16+/m1/s1. The Labute approximate surface area is 147 Å². The first kappa shape index (κ1) is 17.4. The van der Waals surface area contributed by atoms with Gasteiger partial charge in [0.1, 0.15) is 11.0 Å². The van der Waals surface area contributed by atoms with Gasteiger partial charge in [-0.05, 0) is 44.9 Å². The second-order valence-electron chi connectivity index (χ2n) is 7.24. The Bertz CT molecular complexity index is 602. The van der Waals surface area contributed by atoms with Crippen molar-refractivity contribution in [3.05, 3.63) is 15.6 Å². The van der Waals surface area contributed by atoms with Crippen LogP contribution in [0.1, 0.15) is 68.1 Å². The molecule has 1 fully saturated rings. The van der Waals surface area contributed by atoms with Crippen molar-refractivity contribution in [2.45, 2.75) is 71.4 Å². The number of aryl methyl sites for hydroxylation is 2. The minimum absolute atomic E-state index is 0.0547. The number of hydrogen-bond donors (Lipinski definition) is 1. The van der Waals surface area contributed by atoms with Crippen molar-refractivity contribution in [2.24, 2.45) is 5.92 Å². The molecule has 24 heavy (non-hydrogen) atoms. The van der Waals surface area contributed by atoms with Gasteiger partial charge in [-0.15, -0.1) is 11.3 Å². The lowest BCUT2D eigenvalue weighted by atomic mass is 10.0. The summed E-state index contributed by atoms with van der Waals surface area (Å²) in [6, 6.07) is -0.482. The number of hydrogen-bond acceptors (Lipinski definition) is 4. The van der Waals surface area contributed by atoms with E-state index in [2.05, 4.69) is 5.32 Å². The van der Waals surface area contributed by atoms with E-state index in [0.717, 1.165) is 24.3 Å². The van der Waals surface area contributed by atoms with E-state index in [1.807, 2.05) is 20.8 Å². The third-order valence-corrected chi connectivity index (χ3v) is 6.28. The first-order chi connectivity index (χ1) is 11.5. The van der Waals surface area contributed by atoms with E-state index in [-0.39, 0.29) is 29.8 Å². The smallest absolute Gasteiger partial charge is 0.243 e. The fourth-order valence-corrected chi connectivity index (χ4v) is 4.84. The van der Waals surface area contributed by atoms with E-state index >= 15 is 0 Å². The van der Waals surface area contributed by atoms with Crippen molar-refractivity contribution in [2.75, 3.05) is 6.54 Å². The lowest BCUT2D eigenvalue weighted by Gasteiger charge is -2.30. The predicted octanol–water partition coefficient (Wildman–Crippen LogP) is 2.85. The van der Waals surface area contributed by atoms with Gasteiger partial charge in [0.25, 0.3) is 0 Å². The van der Waals surface area contributed by atoms with Crippen molar-refractivity contribution in [3.8, 4) is 0 Å². The van der Waals surface area contributed by atoms with Crippen LogP contribution in [-0.2, 0) is 22.4 Å². The van der Waals surface area contributed by atoms with Crippen molar-refractivity contribution >= 4 is 23.2 Å². The maximum Gasteiger partial charge on any atom is 0.243 e. The Hall–Kier alpha value is -1.43. The number of nitrogens with one attached hydrogen (secondary N) is 1. The highest BCUT2D eigenvalue weighted by molar-refractivity contribution is 7.11. The quantitative estimate of drug-likeness (QED) is 0.889. The molecule has 6 heteroatoms. The molecule has 0 spiro atoms. The van der Waals surface area contributed by atoms with Crippen LogP contribution in [-0.4, -0.2) is 34.3 Å². The Morgan fingerprint density at radius 1 is 1.17 bits per heavy atom. The van der Waals surface area contributed by atoms with Gasteiger partial charge in [0.15, 0.2) is 0 Å². The molecule has 2 atom stereocenters. The van der Waals surface area contributed by atoms with Gasteiger partial charge >= 0.3 is 0 Å². The zero-order valence-electron chi connectivity index (χ0n) is 14.8. The minimum Gasteiger partial charge on any atom is -0.345 e. The van der Waals surface area contributed by atoms with E-state index in [0.29, 0.717) is 13.0 Å². The summed E-state index contributed by atoms with van der Waals surface area (Å²) >= 11 is 1.73. The molecule has 2 aliphatic rings. The fourth-order valence-electron chi connectivity index (χ4n) is 3.69. The van der Waals surface area contributed by atoms with Gasteiger partial charge in [0, 0.05) is 17.8 Å². The van der Waals surface area contributed by atoms with E-state index in [9.17, 15) is 9.59 Å². The van der Waals surface area contributed by atoms with Crippen LogP contribution in [0.2, 0.25) is 0 Å². The highest BCUT2D eigenvalue weighted by Gasteiger charge is 2.35. The Morgan fingerprint density at radius 2 is 1.92 bits per heavy atom. The third kappa shape index (κ3) is 3.48. The van der Waals surface area contributed by atoms with Crippen molar-refractivity contribution in [1.29, 1.82) is 0 Å². The van der Waals surface area contributed by atoms with Crippen LogP contribution in [0.3, 0.4) is 0 Å². The molecular weight excluding hydrogens is 322 g/mol. The summed E-state index contributed by atoms with van der Waals surface area (Å²) in [5.74, 6) is 0.144. The van der Waals surface area contributed by atoms with Gasteiger partial charge in [-0.3, -0.25) is 9.59 Å². The molecule has 132 valence electrons. The number of carbonyl (C=O) groups excluding carboxylic acids is 2. The average Bonchev–Trinajstić information content (AvgIpc) is 3.13. The largest absolute Gasteiger partial charge is 0.345 e. The lowest BCUT2D eigenvalue weighted by Crippen LogP contribution is -2.50. The molecule has 1 aromatic heterocycles. The summed E-state index contributed by atoms with van der Waals surface area (Å²) < 4.78 is 0. The highest BCUT2D eigenvalue weighted by Crippen LogP contribution is 2.30. The fraction of sp³-hybridized carbons (Fsp3) is 0.722. The van der Waals surface area contributed by atoms with Crippen molar-refractivity contribution < 1.29 is 9.59 Å². The monoisotopic (exact) mass is 349 g/mol. The number of rotatable bonds is 5. The van der Waals surface area contributed by atoms with Gasteiger partial charge in [-0.1, -0.05) is 13.8 Å². The van der Waals surface area contributed by atoms with Crippen molar-refractivity contribution in [3.63, 3.8) is 0 Å². The van der Waals surface area contributed by atoms with Gasteiger partial charge in [0.2, 0.25) is 11.8 Å². The van der Waals surface area contributed by atoms with Crippen LogP contribution in [0.4, 0.5) is 0 Å². The second-order valence-corrected chi connectivity index (χ2v) is 8.35. The molecule has 2 amide bonds. The topological polar surface area (TPSA) is 62.3 Å². The maximum atomic E-state index is 12.8. The zero-order chi connectivity index (χ0) is 17.3. The summed E-state index contributed by atoms with van der Waals surface area (Å²) in [7, 11) is 0.